The number of hydrogen-bond donors (Lipinski definition) is 1. The van der Waals surface area contributed by atoms with Crippen molar-refractivity contribution in [1.29, 1.82) is 0 Å². The predicted octanol–water partition coefficient (Wildman–Crippen LogP) is 3.30. The number of piperazine rings is 1. The molecule has 0 radical (unpaired) electrons. The molecule has 0 saturated carbocycles. The summed E-state index contributed by atoms with van der Waals surface area (Å²) >= 11 is 1.67. The van der Waals surface area contributed by atoms with Crippen molar-refractivity contribution in [3.63, 3.8) is 0 Å². The molecule has 0 spiro atoms. The van der Waals surface area contributed by atoms with Crippen molar-refractivity contribution in [3.8, 4) is 0 Å². The first-order valence-electron chi connectivity index (χ1n) is 9.43. The van der Waals surface area contributed by atoms with Gasteiger partial charge in [-0.05, 0) is 54.8 Å². The number of hydrogen-bond acceptors (Lipinski definition) is 7. The Labute approximate surface area is 174 Å². The molecule has 29 heavy (non-hydrogen) atoms. The number of amides is 1. The van der Waals surface area contributed by atoms with E-state index in [4.69, 9.17) is 0 Å². The molecule has 1 saturated heterocycles. The number of nitrogens with zero attached hydrogens (tertiary/aromatic N) is 5. The van der Waals surface area contributed by atoms with Gasteiger partial charge in [-0.3, -0.25) is 4.79 Å². The Kier molecular flexibility index (Phi) is 5.90. The van der Waals surface area contributed by atoms with Gasteiger partial charge in [-0.25, -0.2) is 4.98 Å². The fourth-order valence-electron chi connectivity index (χ4n) is 3.18. The van der Waals surface area contributed by atoms with Crippen molar-refractivity contribution in [2.24, 2.45) is 0 Å². The van der Waals surface area contributed by atoms with E-state index >= 15 is 0 Å². The number of pyridine rings is 1. The Bertz CT molecular complexity index is 941. The Hall–Kier alpha value is -3.13. The first kappa shape index (κ1) is 19.2. The molecule has 8 heteroatoms. The Morgan fingerprint density at radius 3 is 2.34 bits per heavy atom. The van der Waals surface area contributed by atoms with E-state index in [2.05, 4.69) is 25.4 Å². The average Bonchev–Trinajstić information content (AvgIpc) is 2.80. The lowest BCUT2D eigenvalue weighted by atomic mass is 10.2. The topological polar surface area (TPSA) is 74.2 Å². The van der Waals surface area contributed by atoms with Crippen LogP contribution in [0.4, 0.5) is 17.5 Å². The summed E-state index contributed by atoms with van der Waals surface area (Å²) in [6.45, 7) is 2.80. The van der Waals surface area contributed by atoms with Crippen LogP contribution < -0.4 is 10.2 Å². The zero-order valence-electron chi connectivity index (χ0n) is 16.2. The Morgan fingerprint density at radius 1 is 0.931 bits per heavy atom. The number of benzene rings is 1. The van der Waals surface area contributed by atoms with Crippen LogP contribution >= 0.6 is 11.8 Å². The number of aromatic nitrogens is 3. The number of carbonyl (C=O) groups excluding carboxylic acids is 1. The standard InChI is InChI=1S/C21H22N6OS/c1-29-17-7-5-16(6-8-17)21(28)27-14-12-26(13-15-27)20-10-9-19(24-25-20)23-18-4-2-3-11-22-18/h2-11H,12-15H2,1H3,(H,22,23,24). The summed E-state index contributed by atoms with van der Waals surface area (Å²) < 4.78 is 0. The minimum Gasteiger partial charge on any atom is -0.352 e. The summed E-state index contributed by atoms with van der Waals surface area (Å²) in [5.41, 5.74) is 0.737. The van der Waals surface area contributed by atoms with E-state index in [-0.39, 0.29) is 5.91 Å². The first-order valence-corrected chi connectivity index (χ1v) is 10.7. The summed E-state index contributed by atoms with van der Waals surface area (Å²) in [6.07, 6.45) is 3.75. The molecular formula is C21H22N6OS. The second-order valence-corrected chi connectivity index (χ2v) is 7.50. The molecule has 7 nitrogen and oxygen atoms in total. The summed E-state index contributed by atoms with van der Waals surface area (Å²) in [4.78, 5) is 22.1. The van der Waals surface area contributed by atoms with Gasteiger partial charge in [0.15, 0.2) is 11.6 Å². The Balaban J connectivity index is 1.33. The molecule has 1 aliphatic heterocycles. The largest absolute Gasteiger partial charge is 0.352 e. The molecule has 0 unspecified atom stereocenters. The molecule has 2 aromatic heterocycles. The minimum absolute atomic E-state index is 0.0818. The molecule has 3 heterocycles. The fourth-order valence-corrected chi connectivity index (χ4v) is 3.59. The van der Waals surface area contributed by atoms with E-state index < -0.39 is 0 Å². The second-order valence-electron chi connectivity index (χ2n) is 6.62. The average molecular weight is 407 g/mol. The molecule has 1 N–H and O–H groups in total. The highest BCUT2D eigenvalue weighted by molar-refractivity contribution is 7.98. The van der Waals surface area contributed by atoms with Crippen LogP contribution in [0.5, 0.6) is 0 Å². The third kappa shape index (κ3) is 4.65. The molecule has 1 amide bonds. The molecule has 148 valence electrons. The quantitative estimate of drug-likeness (QED) is 0.652. The summed E-state index contributed by atoms with van der Waals surface area (Å²) in [5, 5.41) is 11.7. The lowest BCUT2D eigenvalue weighted by Crippen LogP contribution is -2.49. The van der Waals surface area contributed by atoms with Gasteiger partial charge in [-0.15, -0.1) is 22.0 Å². The molecule has 0 atom stereocenters. The molecular weight excluding hydrogens is 384 g/mol. The van der Waals surface area contributed by atoms with Gasteiger partial charge in [0.05, 0.1) is 0 Å². The van der Waals surface area contributed by atoms with Crippen LogP contribution in [-0.4, -0.2) is 58.4 Å². The van der Waals surface area contributed by atoms with Crippen molar-refractivity contribution in [3.05, 3.63) is 66.4 Å². The highest BCUT2D eigenvalue weighted by atomic mass is 32.2. The normalized spacial score (nSPS) is 14.0. The number of thioether (sulfide) groups is 1. The summed E-state index contributed by atoms with van der Waals surface area (Å²) in [6, 6.07) is 17.3. The van der Waals surface area contributed by atoms with Gasteiger partial charge in [0.2, 0.25) is 0 Å². The molecule has 3 aromatic rings. The Morgan fingerprint density at radius 2 is 1.72 bits per heavy atom. The molecule has 1 aliphatic rings. The smallest absolute Gasteiger partial charge is 0.253 e. The second kappa shape index (κ2) is 8.91. The van der Waals surface area contributed by atoms with E-state index in [0.717, 1.165) is 35.2 Å². The van der Waals surface area contributed by atoms with Gasteiger partial charge in [-0.1, -0.05) is 6.07 Å². The van der Waals surface area contributed by atoms with Crippen LogP contribution in [0.25, 0.3) is 0 Å². The third-order valence-corrected chi connectivity index (χ3v) is 5.54. The molecule has 1 fully saturated rings. The molecule has 0 bridgehead atoms. The van der Waals surface area contributed by atoms with Gasteiger partial charge >= 0.3 is 0 Å². The van der Waals surface area contributed by atoms with Crippen LogP contribution in [0.15, 0.2) is 65.7 Å². The molecule has 1 aromatic carbocycles. The maximum absolute atomic E-state index is 12.7. The summed E-state index contributed by atoms with van der Waals surface area (Å²) in [5.74, 6) is 2.27. The van der Waals surface area contributed by atoms with Gasteiger partial charge < -0.3 is 15.1 Å². The van der Waals surface area contributed by atoms with Crippen LogP contribution in [0.1, 0.15) is 10.4 Å². The minimum atomic E-state index is 0.0818. The third-order valence-electron chi connectivity index (χ3n) is 4.80. The monoisotopic (exact) mass is 406 g/mol. The van der Waals surface area contributed by atoms with Crippen LogP contribution in [-0.2, 0) is 0 Å². The molecule has 4 rings (SSSR count). The van der Waals surface area contributed by atoms with E-state index in [1.54, 1.807) is 18.0 Å². The van der Waals surface area contributed by atoms with E-state index in [1.165, 1.54) is 0 Å². The van der Waals surface area contributed by atoms with Gasteiger partial charge in [0, 0.05) is 42.8 Å². The van der Waals surface area contributed by atoms with Crippen molar-refractivity contribution < 1.29 is 4.79 Å². The van der Waals surface area contributed by atoms with Gasteiger partial charge in [0.25, 0.3) is 5.91 Å². The zero-order valence-corrected chi connectivity index (χ0v) is 17.0. The maximum atomic E-state index is 12.7. The number of rotatable bonds is 5. The van der Waals surface area contributed by atoms with Crippen molar-refractivity contribution in [2.45, 2.75) is 4.90 Å². The lowest BCUT2D eigenvalue weighted by Gasteiger charge is -2.35. The summed E-state index contributed by atoms with van der Waals surface area (Å²) in [7, 11) is 0. The highest BCUT2D eigenvalue weighted by Gasteiger charge is 2.23. The van der Waals surface area contributed by atoms with E-state index in [1.807, 2.05) is 65.8 Å². The van der Waals surface area contributed by atoms with Crippen molar-refractivity contribution >= 4 is 35.1 Å². The van der Waals surface area contributed by atoms with Crippen molar-refractivity contribution in [1.82, 2.24) is 20.1 Å². The van der Waals surface area contributed by atoms with Crippen LogP contribution in [0.2, 0.25) is 0 Å². The molecule has 0 aliphatic carbocycles. The zero-order chi connectivity index (χ0) is 20.1. The van der Waals surface area contributed by atoms with Crippen LogP contribution in [0.3, 0.4) is 0 Å². The highest BCUT2D eigenvalue weighted by Crippen LogP contribution is 2.19. The van der Waals surface area contributed by atoms with Crippen LogP contribution in [0, 0.1) is 0 Å². The lowest BCUT2D eigenvalue weighted by molar-refractivity contribution is 0.0746. The fraction of sp³-hybridized carbons (Fsp3) is 0.238. The SMILES string of the molecule is CSc1ccc(C(=O)N2CCN(c3ccc(Nc4ccccn4)nn3)CC2)cc1. The van der Waals surface area contributed by atoms with Crippen molar-refractivity contribution in [2.75, 3.05) is 42.7 Å². The maximum Gasteiger partial charge on any atom is 0.253 e. The number of nitrogens with one attached hydrogen (secondary N) is 1. The van der Waals surface area contributed by atoms with Gasteiger partial charge in [0.1, 0.15) is 5.82 Å². The number of anilines is 3. The first-order chi connectivity index (χ1) is 14.2. The van der Waals surface area contributed by atoms with Gasteiger partial charge in [-0.2, -0.15) is 0 Å². The van der Waals surface area contributed by atoms with E-state index in [0.29, 0.717) is 18.9 Å². The van der Waals surface area contributed by atoms with E-state index in [9.17, 15) is 4.79 Å². The number of carbonyl (C=O) groups is 1. The predicted molar refractivity (Wildman–Crippen MR) is 116 cm³/mol.